The molecular formula is C13H12ClF5O. The van der Waals surface area contributed by atoms with E-state index >= 15 is 0 Å². The van der Waals surface area contributed by atoms with E-state index in [0.29, 0.717) is 0 Å². The van der Waals surface area contributed by atoms with E-state index in [2.05, 4.69) is 0 Å². The van der Waals surface area contributed by atoms with Gasteiger partial charge in [-0.3, -0.25) is 0 Å². The largest absolute Gasteiger partial charge is 0.487 e. The number of alkyl halides is 5. The van der Waals surface area contributed by atoms with Crippen molar-refractivity contribution >= 4 is 11.6 Å². The molecule has 1 atom stereocenters. The van der Waals surface area contributed by atoms with Crippen molar-refractivity contribution in [3.63, 3.8) is 0 Å². The standard InChI is InChI=1S/C13H12ClF5O/c1-6(2)10-9-8(20-5-12(10,15)16)4-3-7(14)11(9)13(17,18)19/h3-4,6,10H,5H2,1-2H3. The van der Waals surface area contributed by atoms with Gasteiger partial charge in [-0.05, 0) is 18.1 Å². The molecule has 1 aromatic rings. The third-order valence-electron chi connectivity index (χ3n) is 3.29. The zero-order valence-electron chi connectivity index (χ0n) is 10.7. The maximum absolute atomic E-state index is 14.0. The highest BCUT2D eigenvalue weighted by molar-refractivity contribution is 6.31. The predicted molar refractivity (Wildman–Crippen MR) is 64.5 cm³/mol. The van der Waals surface area contributed by atoms with Crippen LogP contribution in [0.4, 0.5) is 22.0 Å². The topological polar surface area (TPSA) is 9.23 Å². The summed E-state index contributed by atoms with van der Waals surface area (Å²) in [4.78, 5) is 0. The molecule has 1 heterocycles. The van der Waals surface area contributed by atoms with Gasteiger partial charge in [-0.1, -0.05) is 25.4 Å². The van der Waals surface area contributed by atoms with Gasteiger partial charge in [0.25, 0.3) is 5.92 Å². The van der Waals surface area contributed by atoms with Gasteiger partial charge >= 0.3 is 6.18 Å². The molecule has 0 aliphatic carbocycles. The van der Waals surface area contributed by atoms with Crippen molar-refractivity contribution in [2.24, 2.45) is 5.92 Å². The zero-order valence-corrected chi connectivity index (χ0v) is 11.4. The van der Waals surface area contributed by atoms with E-state index in [-0.39, 0.29) is 5.75 Å². The van der Waals surface area contributed by atoms with Crippen molar-refractivity contribution in [3.8, 4) is 5.75 Å². The Balaban J connectivity index is 2.76. The lowest BCUT2D eigenvalue weighted by Gasteiger charge is -2.37. The van der Waals surface area contributed by atoms with Crippen LogP contribution in [0.3, 0.4) is 0 Å². The van der Waals surface area contributed by atoms with Gasteiger partial charge in [0.1, 0.15) is 5.75 Å². The lowest BCUT2D eigenvalue weighted by molar-refractivity contribution is -0.142. The monoisotopic (exact) mass is 314 g/mol. The highest BCUT2D eigenvalue weighted by Crippen LogP contribution is 2.52. The van der Waals surface area contributed by atoms with E-state index in [9.17, 15) is 22.0 Å². The summed E-state index contributed by atoms with van der Waals surface area (Å²) in [6.45, 7) is 1.98. The van der Waals surface area contributed by atoms with Crippen LogP contribution in [-0.2, 0) is 6.18 Å². The summed E-state index contributed by atoms with van der Waals surface area (Å²) < 4.78 is 72.1. The molecule has 0 radical (unpaired) electrons. The second-order valence-corrected chi connectivity index (χ2v) is 5.51. The number of hydrogen-bond donors (Lipinski definition) is 0. The van der Waals surface area contributed by atoms with Crippen molar-refractivity contribution in [3.05, 3.63) is 28.3 Å². The zero-order chi connectivity index (χ0) is 15.3. The van der Waals surface area contributed by atoms with E-state index in [1.807, 2.05) is 0 Å². The van der Waals surface area contributed by atoms with Crippen LogP contribution >= 0.6 is 11.6 Å². The summed E-state index contributed by atoms with van der Waals surface area (Å²) in [5.41, 5.74) is -1.77. The summed E-state index contributed by atoms with van der Waals surface area (Å²) in [7, 11) is 0. The van der Waals surface area contributed by atoms with Crippen LogP contribution in [0.1, 0.15) is 30.9 Å². The molecule has 0 saturated carbocycles. The van der Waals surface area contributed by atoms with Crippen LogP contribution in [0, 0.1) is 5.92 Å². The van der Waals surface area contributed by atoms with Crippen LogP contribution in [0.2, 0.25) is 5.02 Å². The maximum Gasteiger partial charge on any atom is 0.418 e. The number of ether oxygens (including phenoxy) is 1. The molecule has 20 heavy (non-hydrogen) atoms. The Morgan fingerprint density at radius 1 is 1.30 bits per heavy atom. The molecule has 1 aliphatic rings. The molecule has 0 aromatic heterocycles. The molecule has 0 fully saturated rings. The Bertz CT molecular complexity index is 524. The van der Waals surface area contributed by atoms with Crippen molar-refractivity contribution < 1.29 is 26.7 Å². The first-order chi connectivity index (χ1) is 9.05. The molecule has 112 valence electrons. The molecule has 0 bridgehead atoms. The van der Waals surface area contributed by atoms with Gasteiger partial charge in [-0.25, -0.2) is 8.78 Å². The fraction of sp³-hybridized carbons (Fsp3) is 0.538. The molecule has 7 heteroatoms. The highest BCUT2D eigenvalue weighted by Gasteiger charge is 2.52. The second kappa shape index (κ2) is 4.76. The number of halogens is 6. The minimum atomic E-state index is -4.81. The molecule has 1 aliphatic heterocycles. The molecule has 0 spiro atoms. The fourth-order valence-corrected chi connectivity index (χ4v) is 2.86. The van der Waals surface area contributed by atoms with Gasteiger partial charge < -0.3 is 4.74 Å². The normalized spacial score (nSPS) is 21.6. The van der Waals surface area contributed by atoms with Crippen LogP contribution < -0.4 is 4.74 Å². The van der Waals surface area contributed by atoms with Crippen molar-refractivity contribution in [2.75, 3.05) is 6.61 Å². The average Bonchev–Trinajstić information content (AvgIpc) is 2.24. The quantitative estimate of drug-likeness (QED) is 0.653. The van der Waals surface area contributed by atoms with Crippen LogP contribution in [0.5, 0.6) is 5.75 Å². The minimum absolute atomic E-state index is 0.175. The van der Waals surface area contributed by atoms with E-state index < -0.39 is 46.7 Å². The van der Waals surface area contributed by atoms with Crippen LogP contribution in [-0.4, -0.2) is 12.5 Å². The van der Waals surface area contributed by atoms with E-state index in [0.717, 1.165) is 6.07 Å². The molecule has 0 N–H and O–H groups in total. The van der Waals surface area contributed by atoms with Crippen molar-refractivity contribution in [2.45, 2.75) is 31.9 Å². The molecular weight excluding hydrogens is 303 g/mol. The third kappa shape index (κ3) is 2.45. The minimum Gasteiger partial charge on any atom is -0.487 e. The molecule has 0 amide bonds. The Labute approximate surface area is 117 Å². The van der Waals surface area contributed by atoms with Gasteiger partial charge in [-0.2, -0.15) is 13.2 Å². The molecule has 0 saturated heterocycles. The van der Waals surface area contributed by atoms with Crippen molar-refractivity contribution in [1.29, 1.82) is 0 Å². The first-order valence-corrected chi connectivity index (χ1v) is 6.33. The number of benzene rings is 1. The Hall–Kier alpha value is -1.04. The molecule has 1 unspecified atom stereocenters. The Morgan fingerprint density at radius 2 is 1.90 bits per heavy atom. The van der Waals surface area contributed by atoms with Gasteiger partial charge in [0, 0.05) is 5.56 Å². The van der Waals surface area contributed by atoms with Crippen molar-refractivity contribution in [1.82, 2.24) is 0 Å². The van der Waals surface area contributed by atoms with E-state index in [4.69, 9.17) is 16.3 Å². The molecule has 1 nitrogen and oxygen atoms in total. The number of hydrogen-bond acceptors (Lipinski definition) is 1. The first kappa shape index (κ1) is 15.4. The number of fused-ring (bicyclic) bond motifs is 1. The average molecular weight is 315 g/mol. The second-order valence-electron chi connectivity index (χ2n) is 5.10. The van der Waals surface area contributed by atoms with Gasteiger partial charge in [0.2, 0.25) is 0 Å². The Kier molecular flexibility index (Phi) is 3.65. The van der Waals surface area contributed by atoms with E-state index in [1.54, 1.807) is 0 Å². The molecule has 2 rings (SSSR count). The van der Waals surface area contributed by atoms with Gasteiger partial charge in [0.05, 0.1) is 16.5 Å². The van der Waals surface area contributed by atoms with Crippen LogP contribution in [0.25, 0.3) is 0 Å². The third-order valence-corrected chi connectivity index (χ3v) is 3.61. The lowest BCUT2D eigenvalue weighted by Crippen LogP contribution is -2.41. The summed E-state index contributed by atoms with van der Waals surface area (Å²) in [5.74, 6) is -5.81. The summed E-state index contributed by atoms with van der Waals surface area (Å²) in [6.07, 6.45) is -4.81. The molecule has 1 aromatic carbocycles. The maximum atomic E-state index is 14.0. The fourth-order valence-electron chi connectivity index (χ4n) is 2.59. The number of rotatable bonds is 1. The van der Waals surface area contributed by atoms with Gasteiger partial charge in [0.15, 0.2) is 6.61 Å². The Morgan fingerprint density at radius 3 is 2.40 bits per heavy atom. The summed E-state index contributed by atoms with van der Waals surface area (Å²) in [5, 5.41) is -0.594. The predicted octanol–water partition coefficient (Wildman–Crippen LogP) is 5.13. The summed E-state index contributed by atoms with van der Waals surface area (Å²) >= 11 is 5.59. The SMILES string of the molecule is CC(C)C1c2c(ccc(Cl)c2C(F)(F)F)OCC1(F)F. The lowest BCUT2D eigenvalue weighted by atomic mass is 9.79. The van der Waals surface area contributed by atoms with Gasteiger partial charge in [-0.15, -0.1) is 0 Å². The highest BCUT2D eigenvalue weighted by atomic mass is 35.5. The van der Waals surface area contributed by atoms with Crippen LogP contribution in [0.15, 0.2) is 12.1 Å². The smallest absolute Gasteiger partial charge is 0.418 e. The van der Waals surface area contributed by atoms with E-state index in [1.165, 1.54) is 19.9 Å². The summed E-state index contributed by atoms with van der Waals surface area (Å²) in [6, 6.07) is 2.22. The first-order valence-electron chi connectivity index (χ1n) is 5.96.